The zero-order valence-electron chi connectivity index (χ0n) is 17.5. The summed E-state index contributed by atoms with van der Waals surface area (Å²) in [5.41, 5.74) is 8.75. The summed E-state index contributed by atoms with van der Waals surface area (Å²) >= 11 is 0. The Bertz CT molecular complexity index is 1050. The molecule has 0 spiro atoms. The van der Waals surface area contributed by atoms with E-state index in [1.807, 2.05) is 31.2 Å². The molecule has 0 aliphatic rings. The number of hydrogen-bond donors (Lipinski definition) is 3. The van der Waals surface area contributed by atoms with Gasteiger partial charge in [-0.2, -0.15) is 10.5 Å². The third-order valence-corrected chi connectivity index (χ3v) is 4.72. The number of hydrogen-bond acceptors (Lipinski definition) is 7. The Hall–Kier alpha value is -3.95. The number of aromatic nitrogens is 1. The van der Waals surface area contributed by atoms with E-state index in [0.717, 1.165) is 11.1 Å². The topological polar surface area (TPSA) is 156 Å². The number of carbonyl (C=O) groups is 2. The van der Waals surface area contributed by atoms with Crippen LogP contribution in [0.3, 0.4) is 0 Å². The molecular weight excluding hydrogens is 396 g/mol. The van der Waals surface area contributed by atoms with Crippen molar-refractivity contribution in [1.82, 2.24) is 10.3 Å². The maximum atomic E-state index is 11.4. The van der Waals surface area contributed by atoms with Crippen LogP contribution in [0, 0.1) is 22.7 Å². The number of aliphatic hydroxyl groups excluding tert-OH is 1. The lowest BCUT2D eigenvalue weighted by Gasteiger charge is -2.21. The Morgan fingerprint density at radius 3 is 2.29 bits per heavy atom. The van der Waals surface area contributed by atoms with Crippen LogP contribution < -0.4 is 16.0 Å². The molecule has 1 aromatic carbocycles. The molecule has 0 saturated heterocycles. The smallest absolute Gasteiger partial charge is 0.245 e. The maximum absolute atomic E-state index is 11.4. The highest BCUT2D eigenvalue weighted by molar-refractivity contribution is 5.80. The highest BCUT2D eigenvalue weighted by Gasteiger charge is 2.21. The summed E-state index contributed by atoms with van der Waals surface area (Å²) in [7, 11) is 1.62. The van der Waals surface area contributed by atoms with Crippen LogP contribution in [0.2, 0.25) is 0 Å². The van der Waals surface area contributed by atoms with Gasteiger partial charge in [0.15, 0.2) is 0 Å². The van der Waals surface area contributed by atoms with Gasteiger partial charge in [0.05, 0.1) is 23.4 Å². The molecule has 31 heavy (non-hydrogen) atoms. The van der Waals surface area contributed by atoms with E-state index in [9.17, 15) is 20.1 Å². The molecular formula is C22H24N6O3. The van der Waals surface area contributed by atoms with Crippen LogP contribution in [0.4, 0.5) is 5.82 Å². The Labute approximate surface area is 180 Å². The highest BCUT2D eigenvalue weighted by Crippen LogP contribution is 2.27. The van der Waals surface area contributed by atoms with Crippen LogP contribution in [0.5, 0.6) is 0 Å². The normalized spacial score (nSPS) is 10.1. The van der Waals surface area contributed by atoms with Crippen molar-refractivity contribution < 1.29 is 14.7 Å². The molecule has 4 N–H and O–H groups in total. The molecule has 1 heterocycles. The number of likely N-dealkylation sites (N-methyl/N-ethyl adjacent to an activating group) is 1. The second-order valence-electron chi connectivity index (χ2n) is 6.94. The zero-order chi connectivity index (χ0) is 23.0. The second-order valence-corrected chi connectivity index (χ2v) is 6.94. The van der Waals surface area contributed by atoms with Crippen LogP contribution in [0.1, 0.15) is 40.4 Å². The van der Waals surface area contributed by atoms with Gasteiger partial charge < -0.3 is 21.1 Å². The highest BCUT2D eigenvalue weighted by atomic mass is 16.3. The number of nitrogens with two attached hydrogens (primary N) is 1. The standard InChI is InChI=1S/C22H24N6O3/c1-3-16-17(9-23)19(27-22(18(16)10-24)28(2)12-20(25)30)8-14-4-6-15(7-5-14)11-26-21(31)13-29/h4-7,29H,3,8,11-13H2,1-2H3,(H2,25,30)(H,26,31). The average Bonchev–Trinajstić information content (AvgIpc) is 2.76. The molecule has 0 fully saturated rings. The third kappa shape index (κ3) is 5.78. The Morgan fingerprint density at radius 1 is 1.16 bits per heavy atom. The fourth-order valence-electron chi connectivity index (χ4n) is 3.21. The van der Waals surface area contributed by atoms with Gasteiger partial charge in [-0.1, -0.05) is 31.2 Å². The lowest BCUT2D eigenvalue weighted by atomic mass is 9.95. The minimum Gasteiger partial charge on any atom is -0.387 e. The predicted octanol–water partition coefficient (Wildman–Crippen LogP) is 0.508. The van der Waals surface area contributed by atoms with Crippen molar-refractivity contribution in [2.75, 3.05) is 25.1 Å². The van der Waals surface area contributed by atoms with Crippen LogP contribution in [-0.2, 0) is 29.0 Å². The maximum Gasteiger partial charge on any atom is 0.245 e. The van der Waals surface area contributed by atoms with Crippen LogP contribution >= 0.6 is 0 Å². The van der Waals surface area contributed by atoms with Crippen molar-refractivity contribution in [2.24, 2.45) is 5.73 Å². The first-order chi connectivity index (χ1) is 14.8. The summed E-state index contributed by atoms with van der Waals surface area (Å²) in [6.07, 6.45) is 0.810. The molecule has 0 unspecified atom stereocenters. The van der Waals surface area contributed by atoms with Gasteiger partial charge in [-0.15, -0.1) is 0 Å². The molecule has 0 atom stereocenters. The van der Waals surface area contributed by atoms with Crippen molar-refractivity contribution >= 4 is 17.6 Å². The van der Waals surface area contributed by atoms with Gasteiger partial charge >= 0.3 is 0 Å². The van der Waals surface area contributed by atoms with Gasteiger partial charge in [0.25, 0.3) is 0 Å². The fourth-order valence-corrected chi connectivity index (χ4v) is 3.21. The van der Waals surface area contributed by atoms with Gasteiger partial charge in [-0.05, 0) is 23.1 Å². The number of nitriles is 2. The van der Waals surface area contributed by atoms with E-state index < -0.39 is 18.4 Å². The van der Waals surface area contributed by atoms with Crippen LogP contribution in [0.15, 0.2) is 24.3 Å². The molecule has 160 valence electrons. The van der Waals surface area contributed by atoms with Gasteiger partial charge in [0, 0.05) is 20.0 Å². The van der Waals surface area contributed by atoms with Crippen molar-refractivity contribution in [2.45, 2.75) is 26.3 Å². The molecule has 2 amide bonds. The van der Waals surface area contributed by atoms with E-state index >= 15 is 0 Å². The number of anilines is 1. The van der Waals surface area contributed by atoms with Crippen molar-refractivity contribution in [3.8, 4) is 12.1 Å². The van der Waals surface area contributed by atoms with Gasteiger partial charge in [-0.3, -0.25) is 9.59 Å². The van der Waals surface area contributed by atoms with E-state index in [1.165, 1.54) is 4.90 Å². The summed E-state index contributed by atoms with van der Waals surface area (Å²) in [4.78, 5) is 28.6. The van der Waals surface area contributed by atoms with Gasteiger partial charge in [0.2, 0.25) is 11.8 Å². The molecule has 0 saturated carbocycles. The largest absolute Gasteiger partial charge is 0.387 e. The van der Waals surface area contributed by atoms with Crippen molar-refractivity contribution in [3.63, 3.8) is 0 Å². The number of amides is 2. The molecule has 0 bridgehead atoms. The number of primary amides is 1. The van der Waals surface area contributed by atoms with Crippen molar-refractivity contribution in [3.05, 3.63) is 57.8 Å². The Balaban J connectivity index is 2.41. The van der Waals surface area contributed by atoms with E-state index in [-0.39, 0.29) is 12.1 Å². The van der Waals surface area contributed by atoms with Crippen molar-refractivity contribution in [1.29, 1.82) is 10.5 Å². The summed E-state index contributed by atoms with van der Waals surface area (Å²) in [6, 6.07) is 11.7. The van der Waals surface area contributed by atoms with E-state index in [2.05, 4.69) is 22.4 Å². The molecule has 2 aromatic rings. The first-order valence-electron chi connectivity index (χ1n) is 9.65. The molecule has 0 aliphatic heterocycles. The SMILES string of the molecule is CCc1c(C#N)c(Cc2ccc(CNC(=O)CO)cc2)nc(N(C)CC(N)=O)c1C#N. The molecule has 9 nitrogen and oxygen atoms in total. The lowest BCUT2D eigenvalue weighted by Crippen LogP contribution is -2.32. The number of nitrogens with zero attached hydrogens (tertiary/aromatic N) is 4. The number of carbonyl (C=O) groups excluding carboxylic acids is 2. The molecule has 2 rings (SSSR count). The lowest BCUT2D eigenvalue weighted by molar-refractivity contribution is -0.124. The first-order valence-corrected chi connectivity index (χ1v) is 9.65. The minimum atomic E-state index is -0.564. The van der Waals surface area contributed by atoms with E-state index in [4.69, 9.17) is 10.8 Å². The number of aliphatic hydroxyl groups is 1. The average molecular weight is 420 g/mol. The molecule has 9 heteroatoms. The van der Waals surface area contributed by atoms with E-state index in [1.54, 1.807) is 7.05 Å². The van der Waals surface area contributed by atoms with Gasteiger partial charge in [0.1, 0.15) is 24.6 Å². The number of benzene rings is 1. The van der Waals surface area contributed by atoms with E-state index in [0.29, 0.717) is 42.0 Å². The summed E-state index contributed by atoms with van der Waals surface area (Å²) in [5.74, 6) is -0.694. The number of nitrogens with one attached hydrogen (secondary N) is 1. The summed E-state index contributed by atoms with van der Waals surface area (Å²) in [6.45, 7) is 1.48. The number of rotatable bonds is 9. The predicted molar refractivity (Wildman–Crippen MR) is 114 cm³/mol. The number of pyridine rings is 1. The fraction of sp³-hybridized carbons (Fsp3) is 0.318. The van der Waals surface area contributed by atoms with Crippen LogP contribution in [0.25, 0.3) is 0 Å². The van der Waals surface area contributed by atoms with Crippen LogP contribution in [-0.4, -0.2) is 42.1 Å². The molecule has 0 aliphatic carbocycles. The third-order valence-electron chi connectivity index (χ3n) is 4.72. The zero-order valence-corrected chi connectivity index (χ0v) is 17.5. The summed E-state index contributed by atoms with van der Waals surface area (Å²) < 4.78 is 0. The minimum absolute atomic E-state index is 0.107. The monoisotopic (exact) mass is 420 g/mol. The first kappa shape index (κ1) is 23.3. The molecule has 0 radical (unpaired) electrons. The quantitative estimate of drug-likeness (QED) is 0.533. The van der Waals surface area contributed by atoms with Gasteiger partial charge in [-0.25, -0.2) is 4.98 Å². The molecule has 1 aromatic heterocycles. The summed E-state index contributed by atoms with van der Waals surface area (Å²) in [5, 5.41) is 30.8. The Morgan fingerprint density at radius 2 is 1.77 bits per heavy atom. The Kier molecular flexibility index (Phi) is 8.07. The second kappa shape index (κ2) is 10.7.